The molecule has 0 spiro atoms. The van der Waals surface area contributed by atoms with Gasteiger partial charge in [0.15, 0.2) is 5.76 Å². The molecule has 2 aromatic rings. The summed E-state index contributed by atoms with van der Waals surface area (Å²) in [5, 5.41) is 16.4. The van der Waals surface area contributed by atoms with Gasteiger partial charge in [-0.2, -0.15) is 5.10 Å². The summed E-state index contributed by atoms with van der Waals surface area (Å²) in [5.41, 5.74) is 0.981. The minimum Gasteiger partial charge on any atom is -0.481 e. The number of carbonyl (C=O) groups excluding carboxylic acids is 1. The zero-order valence-electron chi connectivity index (χ0n) is 13.8. The molecule has 0 aromatic carbocycles. The van der Waals surface area contributed by atoms with Crippen LogP contribution in [-0.4, -0.2) is 32.8 Å². The second kappa shape index (κ2) is 6.51. The molecule has 1 aliphatic carbocycles. The summed E-state index contributed by atoms with van der Waals surface area (Å²) in [7, 11) is 1.76. The molecule has 0 bridgehead atoms. The Labute approximate surface area is 139 Å². The van der Waals surface area contributed by atoms with Gasteiger partial charge in [-0.25, -0.2) is 0 Å². The van der Waals surface area contributed by atoms with Crippen LogP contribution in [0.2, 0.25) is 0 Å². The minimum absolute atomic E-state index is 0.000469. The number of rotatable bonds is 4. The molecule has 2 N–H and O–H groups in total. The number of nitrogens with zero attached hydrogens (tertiary/aromatic N) is 2. The predicted molar refractivity (Wildman–Crippen MR) is 86.5 cm³/mol. The molecule has 0 aliphatic heterocycles. The smallest absolute Gasteiger partial charge is 0.306 e. The van der Waals surface area contributed by atoms with Gasteiger partial charge in [-0.05, 0) is 44.7 Å². The highest BCUT2D eigenvalue weighted by Gasteiger charge is 2.28. The molecule has 128 valence electrons. The number of hydrogen-bond donors (Lipinski definition) is 2. The van der Waals surface area contributed by atoms with E-state index in [1.807, 2.05) is 13.0 Å². The zero-order chi connectivity index (χ0) is 17.3. The number of aryl methyl sites for hydroxylation is 2. The predicted octanol–water partition coefficient (Wildman–Crippen LogP) is 2.36. The molecule has 24 heavy (non-hydrogen) atoms. The van der Waals surface area contributed by atoms with Crippen molar-refractivity contribution in [2.45, 2.75) is 38.6 Å². The van der Waals surface area contributed by atoms with Gasteiger partial charge in [-0.1, -0.05) is 0 Å². The molecule has 0 saturated heterocycles. The fraction of sp³-hybridized carbons (Fsp3) is 0.471. The number of carboxylic acid groups (broad SMARTS) is 1. The highest BCUT2D eigenvalue weighted by atomic mass is 16.4. The first-order chi connectivity index (χ1) is 11.4. The van der Waals surface area contributed by atoms with E-state index in [0.717, 1.165) is 5.76 Å². The normalized spacial score (nSPS) is 20.8. The van der Waals surface area contributed by atoms with Crippen LogP contribution < -0.4 is 5.32 Å². The lowest BCUT2D eigenvalue weighted by Gasteiger charge is -2.26. The summed E-state index contributed by atoms with van der Waals surface area (Å²) in [5.74, 6) is 0.0773. The van der Waals surface area contributed by atoms with Crippen molar-refractivity contribution in [3.8, 4) is 11.5 Å². The van der Waals surface area contributed by atoms with Crippen molar-refractivity contribution < 1.29 is 19.1 Å². The summed E-state index contributed by atoms with van der Waals surface area (Å²) in [6, 6.07) is 3.63. The Morgan fingerprint density at radius 3 is 2.58 bits per heavy atom. The Hall–Kier alpha value is -2.57. The van der Waals surface area contributed by atoms with Gasteiger partial charge < -0.3 is 14.8 Å². The Kier molecular flexibility index (Phi) is 4.42. The molecule has 3 rings (SSSR count). The van der Waals surface area contributed by atoms with Crippen molar-refractivity contribution in [1.82, 2.24) is 15.1 Å². The number of nitrogens with one attached hydrogen (secondary N) is 1. The SMILES string of the molecule is Cc1ccc(-c2nn(C)cc2C(=O)NC2CCC(C(=O)O)CC2)o1. The number of carbonyl (C=O) groups is 2. The molecular formula is C17H21N3O4. The molecule has 2 aromatic heterocycles. The van der Waals surface area contributed by atoms with Gasteiger partial charge in [0, 0.05) is 19.3 Å². The first kappa shape index (κ1) is 16.3. The summed E-state index contributed by atoms with van der Waals surface area (Å²) < 4.78 is 7.17. The third-order valence-corrected chi connectivity index (χ3v) is 4.46. The average molecular weight is 331 g/mol. The number of furan rings is 1. The van der Waals surface area contributed by atoms with Crippen molar-refractivity contribution in [3.63, 3.8) is 0 Å². The van der Waals surface area contributed by atoms with Crippen LogP contribution in [0.4, 0.5) is 0 Å². The van der Waals surface area contributed by atoms with Gasteiger partial charge in [0.2, 0.25) is 0 Å². The third kappa shape index (κ3) is 3.34. The van der Waals surface area contributed by atoms with Crippen molar-refractivity contribution >= 4 is 11.9 Å². The molecule has 0 radical (unpaired) electrons. The molecule has 1 fully saturated rings. The monoisotopic (exact) mass is 331 g/mol. The van der Waals surface area contributed by atoms with E-state index >= 15 is 0 Å². The topological polar surface area (TPSA) is 97.4 Å². The van der Waals surface area contributed by atoms with Crippen molar-refractivity contribution in [1.29, 1.82) is 0 Å². The number of aromatic nitrogens is 2. The van der Waals surface area contributed by atoms with Gasteiger partial charge in [0.05, 0.1) is 11.5 Å². The van der Waals surface area contributed by atoms with Crippen LogP contribution in [0.5, 0.6) is 0 Å². The lowest BCUT2D eigenvalue weighted by atomic mass is 9.86. The van der Waals surface area contributed by atoms with Crippen LogP contribution in [0.15, 0.2) is 22.7 Å². The summed E-state index contributed by atoms with van der Waals surface area (Å²) in [6.45, 7) is 1.84. The quantitative estimate of drug-likeness (QED) is 0.896. The first-order valence-electron chi connectivity index (χ1n) is 8.08. The van der Waals surface area contributed by atoms with Crippen LogP contribution >= 0.6 is 0 Å². The van der Waals surface area contributed by atoms with Crippen molar-refractivity contribution in [3.05, 3.63) is 29.7 Å². The number of carboxylic acids is 1. The second-order valence-corrected chi connectivity index (χ2v) is 6.34. The lowest BCUT2D eigenvalue weighted by molar-refractivity contribution is -0.142. The van der Waals surface area contributed by atoms with Crippen LogP contribution in [-0.2, 0) is 11.8 Å². The van der Waals surface area contributed by atoms with Gasteiger partial charge >= 0.3 is 5.97 Å². The minimum atomic E-state index is -0.748. The third-order valence-electron chi connectivity index (χ3n) is 4.46. The second-order valence-electron chi connectivity index (χ2n) is 6.34. The maximum atomic E-state index is 12.6. The Morgan fingerprint density at radius 1 is 1.29 bits per heavy atom. The van der Waals surface area contributed by atoms with Gasteiger partial charge in [0.1, 0.15) is 11.5 Å². The van der Waals surface area contributed by atoms with E-state index < -0.39 is 5.97 Å². The Morgan fingerprint density at radius 2 is 2.00 bits per heavy atom. The molecule has 1 aliphatic rings. The van der Waals surface area contributed by atoms with E-state index in [4.69, 9.17) is 9.52 Å². The van der Waals surface area contributed by atoms with E-state index in [9.17, 15) is 9.59 Å². The maximum Gasteiger partial charge on any atom is 0.306 e. The van der Waals surface area contributed by atoms with E-state index in [0.29, 0.717) is 42.7 Å². The van der Waals surface area contributed by atoms with Crippen LogP contribution in [0, 0.1) is 12.8 Å². The summed E-state index contributed by atoms with van der Waals surface area (Å²) in [4.78, 5) is 23.6. The highest BCUT2D eigenvalue weighted by molar-refractivity contribution is 5.99. The van der Waals surface area contributed by atoms with E-state index in [1.165, 1.54) is 0 Å². The summed E-state index contributed by atoms with van der Waals surface area (Å²) >= 11 is 0. The highest BCUT2D eigenvalue weighted by Crippen LogP contribution is 2.27. The Balaban J connectivity index is 1.71. The van der Waals surface area contributed by atoms with Gasteiger partial charge in [0.25, 0.3) is 5.91 Å². The average Bonchev–Trinajstić information content (AvgIpc) is 3.13. The maximum absolute atomic E-state index is 12.6. The molecule has 7 heteroatoms. The molecular weight excluding hydrogens is 310 g/mol. The fourth-order valence-corrected chi connectivity index (χ4v) is 3.15. The fourth-order valence-electron chi connectivity index (χ4n) is 3.15. The first-order valence-corrected chi connectivity index (χ1v) is 8.08. The van der Waals surface area contributed by atoms with Crippen molar-refractivity contribution in [2.24, 2.45) is 13.0 Å². The van der Waals surface area contributed by atoms with Crippen LogP contribution in [0.25, 0.3) is 11.5 Å². The molecule has 1 saturated carbocycles. The zero-order valence-corrected chi connectivity index (χ0v) is 13.8. The summed E-state index contributed by atoms with van der Waals surface area (Å²) in [6.07, 6.45) is 4.22. The molecule has 0 atom stereocenters. The molecule has 2 heterocycles. The van der Waals surface area contributed by atoms with E-state index in [1.54, 1.807) is 24.0 Å². The van der Waals surface area contributed by atoms with Crippen LogP contribution in [0.1, 0.15) is 41.8 Å². The van der Waals surface area contributed by atoms with Crippen LogP contribution in [0.3, 0.4) is 0 Å². The standard InChI is InChI=1S/C17H21N3O4/c1-10-3-8-14(24-10)15-13(9-20(2)19-15)16(21)18-12-6-4-11(5-7-12)17(22)23/h3,8-9,11-12H,4-7H2,1-2H3,(H,18,21)(H,22,23). The molecule has 0 unspecified atom stereocenters. The number of amides is 1. The number of aliphatic carboxylic acids is 1. The van der Waals surface area contributed by atoms with Gasteiger partial charge in [-0.3, -0.25) is 14.3 Å². The lowest BCUT2D eigenvalue weighted by Crippen LogP contribution is -2.38. The van der Waals surface area contributed by atoms with E-state index in [2.05, 4.69) is 10.4 Å². The van der Waals surface area contributed by atoms with E-state index in [-0.39, 0.29) is 17.9 Å². The molecule has 7 nitrogen and oxygen atoms in total. The van der Waals surface area contributed by atoms with Gasteiger partial charge in [-0.15, -0.1) is 0 Å². The Bertz CT molecular complexity index is 754. The number of hydrogen-bond acceptors (Lipinski definition) is 4. The largest absolute Gasteiger partial charge is 0.481 e. The molecule has 1 amide bonds. The van der Waals surface area contributed by atoms with Crippen molar-refractivity contribution in [2.75, 3.05) is 0 Å².